The molecule has 3 fully saturated rings. The molecule has 4 N–H and O–H groups in total. The fraction of sp³-hybridized carbons (Fsp3) is 0.515. The fourth-order valence-corrected chi connectivity index (χ4v) is 6.40. The molecule has 3 aliphatic rings. The third kappa shape index (κ3) is 9.41. The maximum atomic E-state index is 13.2. The summed E-state index contributed by atoms with van der Waals surface area (Å²) in [6.45, 7) is 0.541. The third-order valence-electron chi connectivity index (χ3n) is 8.33. The second kappa shape index (κ2) is 17.5. The third-order valence-corrected chi connectivity index (χ3v) is 8.33. The van der Waals surface area contributed by atoms with Gasteiger partial charge in [0.2, 0.25) is 0 Å². The van der Waals surface area contributed by atoms with Crippen LogP contribution < -0.4 is 15.2 Å². The van der Waals surface area contributed by atoms with E-state index in [-0.39, 0.29) is 52.7 Å². The number of ether oxygens (including phenoxy) is 6. The van der Waals surface area contributed by atoms with Crippen LogP contribution >= 0.6 is 0 Å². The van der Waals surface area contributed by atoms with Crippen LogP contribution in [-0.2, 0) is 38.1 Å². The molecule has 0 radical (unpaired) electrons. The van der Waals surface area contributed by atoms with Crippen LogP contribution in [0.1, 0.15) is 19.3 Å². The van der Waals surface area contributed by atoms with Gasteiger partial charge in [-0.2, -0.15) is 0 Å². The van der Waals surface area contributed by atoms with Gasteiger partial charge in [-0.15, -0.1) is 0 Å². The van der Waals surface area contributed by atoms with E-state index in [9.17, 15) is 29.4 Å². The van der Waals surface area contributed by atoms with Crippen molar-refractivity contribution in [2.45, 2.75) is 25.5 Å². The van der Waals surface area contributed by atoms with Gasteiger partial charge in [-0.3, -0.25) is 24.9 Å². The number of para-hydroxylation sites is 2. The predicted molar refractivity (Wildman–Crippen MR) is 161 cm³/mol. The molecule has 7 atom stereocenters. The Hall–Kier alpha value is -4.20. The van der Waals surface area contributed by atoms with Gasteiger partial charge in [0, 0.05) is 6.42 Å². The number of esters is 2. The molecule has 2 aromatic rings. The molecular weight excluding hydrogens is 602 g/mol. The lowest BCUT2D eigenvalue weighted by molar-refractivity contribution is -0.194. The van der Waals surface area contributed by atoms with Crippen molar-refractivity contribution < 1.29 is 57.8 Å². The molecule has 13 heteroatoms. The Bertz CT molecular complexity index is 1280. The molecule has 5 rings (SSSR count). The molecule has 0 amide bonds. The topological polar surface area (TPSA) is 190 Å². The van der Waals surface area contributed by atoms with Crippen molar-refractivity contribution in [1.82, 2.24) is 0 Å². The summed E-state index contributed by atoms with van der Waals surface area (Å²) in [5, 5.41) is 20.1. The number of hydrogen-bond acceptors (Lipinski definition) is 11. The second-order valence-corrected chi connectivity index (χ2v) is 11.2. The Morgan fingerprint density at radius 1 is 0.630 bits per heavy atom. The molecule has 250 valence electrons. The average Bonchev–Trinajstić information content (AvgIpc) is 3.05. The minimum atomic E-state index is -1.31. The molecule has 2 bridgehead atoms. The first-order valence-corrected chi connectivity index (χ1v) is 15.4. The lowest BCUT2D eigenvalue weighted by Gasteiger charge is -2.51. The van der Waals surface area contributed by atoms with E-state index in [4.69, 9.17) is 34.2 Å². The van der Waals surface area contributed by atoms with Crippen molar-refractivity contribution in [1.29, 1.82) is 0 Å². The summed E-state index contributed by atoms with van der Waals surface area (Å²) in [6, 6.07) is 18.3. The van der Waals surface area contributed by atoms with Crippen LogP contribution in [0.15, 0.2) is 60.7 Å². The molecule has 46 heavy (non-hydrogen) atoms. The van der Waals surface area contributed by atoms with Gasteiger partial charge in [-0.05, 0) is 48.9 Å². The molecule has 0 saturated heterocycles. The Morgan fingerprint density at radius 2 is 1.09 bits per heavy atom. The molecule has 2 aromatic carbocycles. The summed E-state index contributed by atoms with van der Waals surface area (Å²) in [4.78, 5) is 51.1. The maximum Gasteiger partial charge on any atom is 0.310 e. The van der Waals surface area contributed by atoms with Crippen molar-refractivity contribution in [3.63, 3.8) is 0 Å². The van der Waals surface area contributed by atoms with E-state index in [1.807, 2.05) is 48.5 Å². The molecule has 0 heterocycles. The summed E-state index contributed by atoms with van der Waals surface area (Å²) in [5.74, 6) is -9.72. The molecule has 0 aromatic heterocycles. The predicted octanol–water partition coefficient (Wildman–Crippen LogP) is 2.61. The zero-order valence-electron chi connectivity index (χ0n) is 25.4. The number of rotatable bonds is 19. The number of carbonyl (C=O) groups is 4. The molecule has 0 aliphatic heterocycles. The van der Waals surface area contributed by atoms with Gasteiger partial charge < -0.3 is 38.6 Å². The Kier molecular flexibility index (Phi) is 13.2. The SMILES string of the molecule is NC(CCOCCOC(=O)C1C2CCC(C(C(=O)O)C2C(=O)OCCOCCOc2ccccc2)C1C(=O)O)Oc1ccccc1. The van der Waals surface area contributed by atoms with E-state index in [1.54, 1.807) is 12.1 Å². The van der Waals surface area contributed by atoms with Crippen LogP contribution in [0, 0.1) is 35.5 Å². The summed E-state index contributed by atoms with van der Waals surface area (Å²) in [6.07, 6.45) is 0.327. The first-order chi connectivity index (χ1) is 22.3. The lowest BCUT2D eigenvalue weighted by atomic mass is 9.50. The standard InChI is InChI=1S/C33H41NO12/c34-25(46-22-9-5-2-6-10-22)13-14-41-16-19-44-32(39)28-24-12-11-23(26(28)30(35)36)27(31(37)38)29(24)33(40)45-20-17-42-15-18-43-21-7-3-1-4-8-21/h1-10,23-29H,11-20,34H2,(H,35,36)(H,37,38). The number of nitrogens with two attached hydrogens (primary N) is 1. The molecule has 0 spiro atoms. The zero-order chi connectivity index (χ0) is 32.9. The Labute approximate surface area is 266 Å². The number of carboxylic acid groups (broad SMARTS) is 2. The van der Waals surface area contributed by atoms with Crippen molar-refractivity contribution >= 4 is 23.9 Å². The first-order valence-electron chi connectivity index (χ1n) is 15.4. The Balaban J connectivity index is 1.25. The van der Waals surface area contributed by atoms with E-state index in [0.717, 1.165) is 0 Å². The summed E-state index contributed by atoms with van der Waals surface area (Å²) in [7, 11) is 0. The number of hydrogen-bond donors (Lipinski definition) is 3. The highest BCUT2D eigenvalue weighted by atomic mass is 16.6. The fourth-order valence-electron chi connectivity index (χ4n) is 6.40. The lowest BCUT2D eigenvalue weighted by Crippen LogP contribution is -2.60. The number of carboxylic acids is 2. The van der Waals surface area contributed by atoms with E-state index in [2.05, 4.69) is 0 Å². The highest BCUT2D eigenvalue weighted by Gasteiger charge is 2.63. The molecule has 7 unspecified atom stereocenters. The van der Waals surface area contributed by atoms with Crippen molar-refractivity contribution in [3.8, 4) is 11.5 Å². The van der Waals surface area contributed by atoms with Gasteiger partial charge in [0.05, 0.1) is 50.1 Å². The summed E-state index contributed by atoms with van der Waals surface area (Å²) < 4.78 is 32.8. The highest BCUT2D eigenvalue weighted by Crippen LogP contribution is 2.55. The largest absolute Gasteiger partial charge is 0.491 e. The first kappa shape index (κ1) is 34.7. The average molecular weight is 644 g/mol. The smallest absolute Gasteiger partial charge is 0.310 e. The van der Waals surface area contributed by atoms with E-state index in [0.29, 0.717) is 24.3 Å². The van der Waals surface area contributed by atoms with Crippen molar-refractivity contribution in [2.75, 3.05) is 46.2 Å². The maximum absolute atomic E-state index is 13.2. The van der Waals surface area contributed by atoms with Gasteiger partial charge in [-0.1, -0.05) is 36.4 Å². The van der Waals surface area contributed by atoms with Crippen LogP contribution in [0.2, 0.25) is 0 Å². The number of carbonyl (C=O) groups excluding carboxylic acids is 2. The molecule has 3 saturated carbocycles. The quantitative estimate of drug-likeness (QED) is 0.115. The second-order valence-electron chi connectivity index (χ2n) is 11.2. The van der Waals surface area contributed by atoms with Crippen LogP contribution in [-0.4, -0.2) is 86.6 Å². The van der Waals surface area contributed by atoms with Gasteiger partial charge in [0.1, 0.15) is 37.5 Å². The minimum Gasteiger partial charge on any atom is -0.491 e. The van der Waals surface area contributed by atoms with Crippen molar-refractivity contribution in [2.24, 2.45) is 41.2 Å². The number of aliphatic carboxylic acids is 2. The molecule has 13 nitrogen and oxygen atoms in total. The van der Waals surface area contributed by atoms with Gasteiger partial charge in [0.25, 0.3) is 0 Å². The van der Waals surface area contributed by atoms with Crippen LogP contribution in [0.3, 0.4) is 0 Å². The summed E-state index contributed by atoms with van der Waals surface area (Å²) in [5.41, 5.74) is 5.96. The number of benzene rings is 2. The van der Waals surface area contributed by atoms with Gasteiger partial charge in [-0.25, -0.2) is 0 Å². The van der Waals surface area contributed by atoms with Gasteiger partial charge in [0.15, 0.2) is 0 Å². The number of fused-ring (bicyclic) bond motifs is 3. The highest BCUT2D eigenvalue weighted by molar-refractivity contribution is 5.88. The van der Waals surface area contributed by atoms with Crippen LogP contribution in [0.5, 0.6) is 11.5 Å². The monoisotopic (exact) mass is 643 g/mol. The van der Waals surface area contributed by atoms with E-state index < -0.39 is 65.6 Å². The minimum absolute atomic E-state index is 0.0297. The van der Waals surface area contributed by atoms with Gasteiger partial charge >= 0.3 is 23.9 Å². The normalized spacial score (nSPS) is 24.0. The molecular formula is C33H41NO12. The van der Waals surface area contributed by atoms with Crippen molar-refractivity contribution in [3.05, 3.63) is 60.7 Å². The summed E-state index contributed by atoms with van der Waals surface area (Å²) >= 11 is 0. The Morgan fingerprint density at radius 3 is 1.61 bits per heavy atom. The van der Waals surface area contributed by atoms with Crippen LogP contribution in [0.4, 0.5) is 0 Å². The van der Waals surface area contributed by atoms with E-state index in [1.165, 1.54) is 0 Å². The zero-order valence-corrected chi connectivity index (χ0v) is 25.4. The van der Waals surface area contributed by atoms with Crippen LogP contribution in [0.25, 0.3) is 0 Å². The molecule has 3 aliphatic carbocycles. The van der Waals surface area contributed by atoms with E-state index >= 15 is 0 Å².